The van der Waals surface area contributed by atoms with E-state index in [-0.39, 0.29) is 12.5 Å². The van der Waals surface area contributed by atoms with Crippen molar-refractivity contribution >= 4 is 11.6 Å². The number of β-amino-alcohol motifs (C(OH)–C–C–N with tert-alkyl or cyclic N) is 1. The van der Waals surface area contributed by atoms with E-state index in [1.165, 1.54) is 24.0 Å². The summed E-state index contributed by atoms with van der Waals surface area (Å²) in [7, 11) is 0. The standard InChI is InChI=1S/C18H27N3O2/c22-13-12-21-10-8-20(9-11-21)7-6-18(23)19-17-5-4-15-2-1-3-16(15)14-17/h4-5,14,22H,1-3,6-13H2,(H,19,23). The number of hydrogen-bond acceptors (Lipinski definition) is 4. The summed E-state index contributed by atoms with van der Waals surface area (Å²) in [5.74, 6) is 0.0979. The van der Waals surface area contributed by atoms with Crippen LogP contribution in [0, 0.1) is 0 Å². The largest absolute Gasteiger partial charge is 0.395 e. The van der Waals surface area contributed by atoms with E-state index in [4.69, 9.17) is 5.11 Å². The molecule has 5 nitrogen and oxygen atoms in total. The fourth-order valence-electron chi connectivity index (χ4n) is 3.51. The Morgan fingerprint density at radius 1 is 1.04 bits per heavy atom. The van der Waals surface area contributed by atoms with Crippen LogP contribution in [0.15, 0.2) is 18.2 Å². The maximum Gasteiger partial charge on any atom is 0.225 e. The number of carbonyl (C=O) groups excluding carboxylic acids is 1. The lowest BCUT2D eigenvalue weighted by Crippen LogP contribution is -2.47. The second-order valence-corrected chi connectivity index (χ2v) is 6.54. The third-order valence-electron chi connectivity index (χ3n) is 4.92. The van der Waals surface area contributed by atoms with Crippen LogP contribution in [0.3, 0.4) is 0 Å². The summed E-state index contributed by atoms with van der Waals surface area (Å²) in [6, 6.07) is 6.31. The first kappa shape index (κ1) is 16.4. The molecule has 0 saturated carbocycles. The first-order valence-corrected chi connectivity index (χ1v) is 8.72. The number of aliphatic hydroxyl groups is 1. The average Bonchev–Trinajstić information content (AvgIpc) is 3.02. The molecule has 23 heavy (non-hydrogen) atoms. The van der Waals surface area contributed by atoms with E-state index in [0.717, 1.165) is 51.4 Å². The van der Waals surface area contributed by atoms with Gasteiger partial charge in [0.2, 0.25) is 5.91 Å². The molecule has 0 aromatic heterocycles. The SMILES string of the molecule is O=C(CCN1CCN(CCO)CC1)Nc1ccc2c(c1)CCC2. The molecule has 5 heteroatoms. The molecule has 3 rings (SSSR count). The minimum Gasteiger partial charge on any atom is -0.395 e. The second kappa shape index (κ2) is 7.90. The van der Waals surface area contributed by atoms with Crippen LogP contribution in [-0.2, 0) is 17.6 Å². The predicted molar refractivity (Wildman–Crippen MR) is 91.7 cm³/mol. The van der Waals surface area contributed by atoms with Gasteiger partial charge < -0.3 is 15.3 Å². The molecule has 1 fully saturated rings. The third kappa shape index (κ3) is 4.53. The molecule has 1 aromatic carbocycles. The van der Waals surface area contributed by atoms with Crippen molar-refractivity contribution in [3.8, 4) is 0 Å². The highest BCUT2D eigenvalue weighted by Crippen LogP contribution is 2.24. The summed E-state index contributed by atoms with van der Waals surface area (Å²) < 4.78 is 0. The molecule has 0 unspecified atom stereocenters. The number of anilines is 1. The Kier molecular flexibility index (Phi) is 5.65. The zero-order chi connectivity index (χ0) is 16.1. The Morgan fingerprint density at radius 3 is 2.48 bits per heavy atom. The maximum absolute atomic E-state index is 12.1. The zero-order valence-electron chi connectivity index (χ0n) is 13.8. The molecule has 0 atom stereocenters. The number of hydrogen-bond donors (Lipinski definition) is 2. The van der Waals surface area contributed by atoms with E-state index in [0.29, 0.717) is 6.42 Å². The van der Waals surface area contributed by atoms with E-state index in [9.17, 15) is 4.79 Å². The van der Waals surface area contributed by atoms with Gasteiger partial charge in [-0.3, -0.25) is 9.69 Å². The summed E-state index contributed by atoms with van der Waals surface area (Å²) in [5.41, 5.74) is 3.76. The lowest BCUT2D eigenvalue weighted by atomic mass is 10.1. The van der Waals surface area contributed by atoms with Crippen LogP contribution in [0.2, 0.25) is 0 Å². The Morgan fingerprint density at radius 2 is 1.74 bits per heavy atom. The molecule has 1 aliphatic carbocycles. The summed E-state index contributed by atoms with van der Waals surface area (Å²) in [6.45, 7) is 5.71. The second-order valence-electron chi connectivity index (χ2n) is 6.54. The molecule has 126 valence electrons. The van der Waals surface area contributed by atoms with Crippen molar-refractivity contribution in [3.05, 3.63) is 29.3 Å². The minimum atomic E-state index is 0.0979. The van der Waals surface area contributed by atoms with Crippen LogP contribution < -0.4 is 5.32 Å². The molecular weight excluding hydrogens is 290 g/mol. The maximum atomic E-state index is 12.1. The number of nitrogens with one attached hydrogen (secondary N) is 1. The number of rotatable bonds is 6. The molecule has 0 radical (unpaired) electrons. The van der Waals surface area contributed by atoms with E-state index in [1.54, 1.807) is 0 Å². The molecule has 0 spiro atoms. The average molecular weight is 317 g/mol. The van der Waals surface area contributed by atoms with Crippen LogP contribution in [0.1, 0.15) is 24.0 Å². The van der Waals surface area contributed by atoms with E-state index >= 15 is 0 Å². The van der Waals surface area contributed by atoms with Gasteiger partial charge in [-0.2, -0.15) is 0 Å². The topological polar surface area (TPSA) is 55.8 Å². The lowest BCUT2D eigenvalue weighted by Gasteiger charge is -2.34. The van der Waals surface area contributed by atoms with Gasteiger partial charge in [0, 0.05) is 51.4 Å². The molecule has 1 amide bonds. The fourth-order valence-corrected chi connectivity index (χ4v) is 3.51. The molecule has 2 N–H and O–H groups in total. The van der Waals surface area contributed by atoms with E-state index in [1.807, 2.05) is 6.07 Å². The summed E-state index contributed by atoms with van der Waals surface area (Å²) >= 11 is 0. The van der Waals surface area contributed by atoms with Gasteiger partial charge in [-0.1, -0.05) is 6.07 Å². The van der Waals surface area contributed by atoms with Crippen LogP contribution >= 0.6 is 0 Å². The van der Waals surface area contributed by atoms with Gasteiger partial charge in [0.05, 0.1) is 6.61 Å². The molecule has 1 saturated heterocycles. The van der Waals surface area contributed by atoms with Crippen LogP contribution in [0.5, 0.6) is 0 Å². The minimum absolute atomic E-state index is 0.0979. The van der Waals surface area contributed by atoms with Crippen molar-refractivity contribution in [3.63, 3.8) is 0 Å². The van der Waals surface area contributed by atoms with Crippen molar-refractivity contribution in [1.29, 1.82) is 0 Å². The normalized spacial score (nSPS) is 18.8. The first-order chi connectivity index (χ1) is 11.2. The van der Waals surface area contributed by atoms with Crippen molar-refractivity contribution < 1.29 is 9.90 Å². The Labute approximate surface area is 138 Å². The number of nitrogens with zero attached hydrogens (tertiary/aromatic N) is 2. The molecule has 1 heterocycles. The number of fused-ring (bicyclic) bond motifs is 1. The molecule has 2 aliphatic rings. The monoisotopic (exact) mass is 317 g/mol. The Bertz CT molecular complexity index is 539. The third-order valence-corrected chi connectivity index (χ3v) is 4.92. The van der Waals surface area contributed by atoms with E-state index < -0.39 is 0 Å². The molecular formula is C18H27N3O2. The van der Waals surface area contributed by atoms with Crippen LogP contribution in [-0.4, -0.2) is 66.7 Å². The number of benzene rings is 1. The summed E-state index contributed by atoms with van der Waals surface area (Å²) in [4.78, 5) is 16.7. The van der Waals surface area contributed by atoms with Gasteiger partial charge in [0.1, 0.15) is 0 Å². The van der Waals surface area contributed by atoms with Crippen molar-refractivity contribution in [2.45, 2.75) is 25.7 Å². The quantitative estimate of drug-likeness (QED) is 0.825. The number of aliphatic hydroxyl groups excluding tert-OH is 1. The summed E-state index contributed by atoms with van der Waals surface area (Å²) in [6.07, 6.45) is 4.08. The molecule has 1 aliphatic heterocycles. The highest BCUT2D eigenvalue weighted by molar-refractivity contribution is 5.91. The van der Waals surface area contributed by atoms with Crippen LogP contribution in [0.4, 0.5) is 5.69 Å². The van der Waals surface area contributed by atoms with Crippen molar-refractivity contribution in [1.82, 2.24) is 9.80 Å². The highest BCUT2D eigenvalue weighted by Gasteiger charge is 2.17. The molecule has 0 bridgehead atoms. The summed E-state index contributed by atoms with van der Waals surface area (Å²) in [5, 5.41) is 12.0. The zero-order valence-corrected chi connectivity index (χ0v) is 13.8. The van der Waals surface area contributed by atoms with Gasteiger partial charge in [0.25, 0.3) is 0 Å². The number of piperazine rings is 1. The predicted octanol–water partition coefficient (Wildman–Crippen LogP) is 1.11. The van der Waals surface area contributed by atoms with Crippen molar-refractivity contribution in [2.75, 3.05) is 51.2 Å². The lowest BCUT2D eigenvalue weighted by molar-refractivity contribution is -0.116. The highest BCUT2D eigenvalue weighted by atomic mass is 16.3. The van der Waals surface area contributed by atoms with Gasteiger partial charge in [-0.05, 0) is 42.5 Å². The van der Waals surface area contributed by atoms with Crippen LogP contribution in [0.25, 0.3) is 0 Å². The molecule has 1 aromatic rings. The Hall–Kier alpha value is -1.43. The fraction of sp³-hybridized carbons (Fsp3) is 0.611. The van der Waals surface area contributed by atoms with Gasteiger partial charge in [0.15, 0.2) is 0 Å². The smallest absolute Gasteiger partial charge is 0.225 e. The number of aryl methyl sites for hydroxylation is 2. The van der Waals surface area contributed by atoms with Gasteiger partial charge in [-0.25, -0.2) is 0 Å². The van der Waals surface area contributed by atoms with Gasteiger partial charge in [-0.15, -0.1) is 0 Å². The Balaban J connectivity index is 1.40. The first-order valence-electron chi connectivity index (χ1n) is 8.72. The van der Waals surface area contributed by atoms with Gasteiger partial charge >= 0.3 is 0 Å². The number of amides is 1. The van der Waals surface area contributed by atoms with E-state index in [2.05, 4.69) is 27.2 Å². The number of carbonyl (C=O) groups is 1. The van der Waals surface area contributed by atoms with Crippen molar-refractivity contribution in [2.24, 2.45) is 0 Å².